The molecule has 2 aliphatic rings. The Morgan fingerprint density at radius 3 is 2.37 bits per heavy atom. The van der Waals surface area contributed by atoms with Gasteiger partial charge in [0.05, 0.1) is 17.2 Å². The smallest absolute Gasteiger partial charge is 0.338 e. The standard InChI is InChI=1S/C23H32N2O2/c1-2-3-4-18-7-11-21(12-8-18)25-15-13-22(14-16-25)27-23(26)20-9-5-19(17-24)6-10-20/h5-6,9-10,18,21-22H,2-4,7-8,11-16H2,1H3. The van der Waals surface area contributed by atoms with Crippen LogP contribution in [0, 0.1) is 17.2 Å². The molecule has 0 unspecified atom stereocenters. The molecule has 146 valence electrons. The van der Waals surface area contributed by atoms with Gasteiger partial charge in [-0.2, -0.15) is 5.26 Å². The van der Waals surface area contributed by atoms with Crippen LogP contribution < -0.4 is 0 Å². The lowest BCUT2D eigenvalue weighted by molar-refractivity contribution is 0.00163. The Bertz CT molecular complexity index is 633. The van der Waals surface area contributed by atoms with Crippen LogP contribution in [0.25, 0.3) is 0 Å². The highest BCUT2D eigenvalue weighted by atomic mass is 16.5. The first-order chi connectivity index (χ1) is 13.2. The van der Waals surface area contributed by atoms with Gasteiger partial charge in [0.1, 0.15) is 6.10 Å². The number of esters is 1. The molecule has 1 heterocycles. The van der Waals surface area contributed by atoms with E-state index in [0.717, 1.165) is 37.9 Å². The van der Waals surface area contributed by atoms with Crippen LogP contribution in [-0.4, -0.2) is 36.1 Å². The lowest BCUT2D eigenvalue weighted by atomic mass is 9.82. The van der Waals surface area contributed by atoms with Crippen molar-refractivity contribution in [3.8, 4) is 6.07 Å². The first-order valence-electron chi connectivity index (χ1n) is 10.6. The fourth-order valence-electron chi connectivity index (χ4n) is 4.55. The van der Waals surface area contributed by atoms with E-state index in [0.29, 0.717) is 11.1 Å². The Balaban J connectivity index is 1.40. The lowest BCUT2D eigenvalue weighted by Crippen LogP contribution is -2.45. The van der Waals surface area contributed by atoms with Gasteiger partial charge in [-0.3, -0.25) is 0 Å². The van der Waals surface area contributed by atoms with Gasteiger partial charge in [0, 0.05) is 19.1 Å². The fourth-order valence-corrected chi connectivity index (χ4v) is 4.55. The molecule has 2 fully saturated rings. The van der Waals surface area contributed by atoms with Gasteiger partial charge in [-0.05, 0) is 68.7 Å². The molecule has 1 aromatic carbocycles. The number of nitriles is 1. The Labute approximate surface area is 163 Å². The summed E-state index contributed by atoms with van der Waals surface area (Å²) < 4.78 is 5.70. The zero-order chi connectivity index (χ0) is 19.1. The predicted octanol–water partition coefficient (Wildman–Crippen LogP) is 4.93. The Hall–Kier alpha value is -1.86. The van der Waals surface area contributed by atoms with Crippen molar-refractivity contribution >= 4 is 5.97 Å². The highest BCUT2D eigenvalue weighted by Gasteiger charge is 2.30. The topological polar surface area (TPSA) is 53.3 Å². The van der Waals surface area contributed by atoms with Crippen LogP contribution in [0.1, 0.15) is 80.6 Å². The molecule has 1 aromatic rings. The Morgan fingerprint density at radius 2 is 1.78 bits per heavy atom. The maximum atomic E-state index is 12.3. The molecule has 4 nitrogen and oxygen atoms in total. The van der Waals surface area contributed by atoms with Crippen molar-refractivity contribution in [1.29, 1.82) is 5.26 Å². The third kappa shape index (κ3) is 5.56. The summed E-state index contributed by atoms with van der Waals surface area (Å²) in [6.07, 6.45) is 11.4. The number of nitrogens with zero attached hydrogens (tertiary/aromatic N) is 2. The maximum absolute atomic E-state index is 12.3. The van der Waals surface area contributed by atoms with Gasteiger partial charge in [-0.15, -0.1) is 0 Å². The fraction of sp³-hybridized carbons (Fsp3) is 0.652. The number of benzene rings is 1. The van der Waals surface area contributed by atoms with E-state index < -0.39 is 0 Å². The van der Waals surface area contributed by atoms with Crippen LogP contribution in [0.4, 0.5) is 0 Å². The molecule has 1 aliphatic carbocycles. The third-order valence-corrected chi connectivity index (χ3v) is 6.30. The quantitative estimate of drug-likeness (QED) is 0.668. The number of unbranched alkanes of at least 4 members (excludes halogenated alkanes) is 1. The average molecular weight is 369 g/mol. The van der Waals surface area contributed by atoms with E-state index in [1.54, 1.807) is 24.3 Å². The van der Waals surface area contributed by atoms with E-state index in [1.165, 1.54) is 44.9 Å². The summed E-state index contributed by atoms with van der Waals surface area (Å²) in [6.45, 7) is 4.36. The highest BCUT2D eigenvalue weighted by Crippen LogP contribution is 2.32. The molecule has 0 N–H and O–H groups in total. The van der Waals surface area contributed by atoms with Gasteiger partial charge >= 0.3 is 5.97 Å². The van der Waals surface area contributed by atoms with Gasteiger partial charge in [-0.1, -0.05) is 26.2 Å². The Morgan fingerprint density at radius 1 is 1.11 bits per heavy atom. The zero-order valence-electron chi connectivity index (χ0n) is 16.5. The van der Waals surface area contributed by atoms with Crippen molar-refractivity contribution in [3.05, 3.63) is 35.4 Å². The van der Waals surface area contributed by atoms with Crippen LogP contribution in [0.3, 0.4) is 0 Å². The van der Waals surface area contributed by atoms with Crippen LogP contribution in [0.2, 0.25) is 0 Å². The SMILES string of the molecule is CCCCC1CCC(N2CCC(OC(=O)c3ccc(C#N)cc3)CC2)CC1. The van der Waals surface area contributed by atoms with Gasteiger partial charge in [-0.25, -0.2) is 4.79 Å². The molecule has 0 spiro atoms. The molecule has 0 bridgehead atoms. The minimum atomic E-state index is -0.269. The van der Waals surface area contributed by atoms with Crippen LogP contribution in [0.5, 0.6) is 0 Å². The van der Waals surface area contributed by atoms with Gasteiger partial charge in [0.2, 0.25) is 0 Å². The summed E-state index contributed by atoms with van der Waals surface area (Å²) in [5.41, 5.74) is 1.09. The second-order valence-corrected chi connectivity index (χ2v) is 8.15. The van der Waals surface area contributed by atoms with Gasteiger partial charge in [0.25, 0.3) is 0 Å². The first kappa shape index (κ1) is 19.9. The normalized spacial score (nSPS) is 24.3. The van der Waals surface area contributed by atoms with Crippen molar-refractivity contribution in [2.45, 2.75) is 76.9 Å². The first-order valence-corrected chi connectivity index (χ1v) is 10.6. The van der Waals surface area contributed by atoms with E-state index >= 15 is 0 Å². The van der Waals surface area contributed by atoms with E-state index in [9.17, 15) is 4.79 Å². The second-order valence-electron chi connectivity index (χ2n) is 8.15. The molecule has 0 aromatic heterocycles. The molecule has 0 amide bonds. The van der Waals surface area contributed by atoms with Crippen molar-refractivity contribution in [3.63, 3.8) is 0 Å². The van der Waals surface area contributed by atoms with Crippen molar-refractivity contribution < 1.29 is 9.53 Å². The van der Waals surface area contributed by atoms with Gasteiger partial charge < -0.3 is 9.64 Å². The molecule has 1 saturated heterocycles. The Kier molecular flexibility index (Phi) is 7.29. The molecular formula is C23H32N2O2. The number of hydrogen-bond donors (Lipinski definition) is 0. The minimum absolute atomic E-state index is 0.0188. The third-order valence-electron chi connectivity index (χ3n) is 6.30. The predicted molar refractivity (Wildman–Crippen MR) is 106 cm³/mol. The van der Waals surface area contributed by atoms with E-state index in [2.05, 4.69) is 17.9 Å². The number of rotatable bonds is 6. The summed E-state index contributed by atoms with van der Waals surface area (Å²) >= 11 is 0. The van der Waals surface area contributed by atoms with Crippen LogP contribution in [0.15, 0.2) is 24.3 Å². The molecule has 4 heteroatoms. The van der Waals surface area contributed by atoms with Crippen molar-refractivity contribution in [2.24, 2.45) is 5.92 Å². The number of carbonyl (C=O) groups excluding carboxylic acids is 1. The summed E-state index contributed by atoms with van der Waals surface area (Å²) in [6, 6.07) is 9.47. The minimum Gasteiger partial charge on any atom is -0.459 e. The van der Waals surface area contributed by atoms with Crippen LogP contribution >= 0.6 is 0 Å². The number of ether oxygens (including phenoxy) is 1. The van der Waals surface area contributed by atoms with E-state index in [1.807, 2.05) is 0 Å². The summed E-state index contributed by atoms with van der Waals surface area (Å²) in [5.74, 6) is 0.682. The highest BCUT2D eigenvalue weighted by molar-refractivity contribution is 5.89. The molecule has 1 saturated carbocycles. The van der Waals surface area contributed by atoms with E-state index in [-0.39, 0.29) is 12.1 Å². The van der Waals surface area contributed by atoms with Gasteiger partial charge in [0.15, 0.2) is 0 Å². The summed E-state index contributed by atoms with van der Waals surface area (Å²) in [5, 5.41) is 8.84. The monoisotopic (exact) mass is 368 g/mol. The number of hydrogen-bond acceptors (Lipinski definition) is 4. The molecule has 0 radical (unpaired) electrons. The number of carbonyl (C=O) groups is 1. The lowest BCUT2D eigenvalue weighted by Gasteiger charge is -2.40. The molecule has 1 aliphatic heterocycles. The van der Waals surface area contributed by atoms with Crippen molar-refractivity contribution in [1.82, 2.24) is 4.90 Å². The van der Waals surface area contributed by atoms with E-state index in [4.69, 9.17) is 10.00 Å². The van der Waals surface area contributed by atoms with Crippen LogP contribution in [-0.2, 0) is 4.74 Å². The molecule has 27 heavy (non-hydrogen) atoms. The number of likely N-dealkylation sites (tertiary alicyclic amines) is 1. The number of piperidine rings is 1. The molecule has 0 atom stereocenters. The molecule has 3 rings (SSSR count). The summed E-state index contributed by atoms with van der Waals surface area (Å²) in [4.78, 5) is 14.9. The zero-order valence-corrected chi connectivity index (χ0v) is 16.5. The largest absolute Gasteiger partial charge is 0.459 e. The maximum Gasteiger partial charge on any atom is 0.338 e. The van der Waals surface area contributed by atoms with Crippen molar-refractivity contribution in [2.75, 3.05) is 13.1 Å². The molecular weight excluding hydrogens is 336 g/mol. The summed E-state index contributed by atoms with van der Waals surface area (Å²) in [7, 11) is 0. The second kappa shape index (κ2) is 9.90. The average Bonchev–Trinajstić information content (AvgIpc) is 2.73.